The highest BCUT2D eigenvalue weighted by atomic mass is 32.2. The van der Waals surface area contributed by atoms with Crippen LogP contribution in [0.5, 0.6) is 0 Å². The first-order chi connectivity index (χ1) is 12.2. The highest BCUT2D eigenvalue weighted by molar-refractivity contribution is 7.89. The molecule has 0 unspecified atom stereocenters. The van der Waals surface area contributed by atoms with Crippen molar-refractivity contribution in [3.05, 3.63) is 29.8 Å². The molecule has 0 atom stereocenters. The number of urea groups is 1. The van der Waals surface area contributed by atoms with Crippen molar-refractivity contribution >= 4 is 21.7 Å². The van der Waals surface area contributed by atoms with Gasteiger partial charge in [0.2, 0.25) is 10.0 Å². The van der Waals surface area contributed by atoms with Crippen molar-refractivity contribution in [3.63, 3.8) is 0 Å². The minimum absolute atomic E-state index is 0.0778. The van der Waals surface area contributed by atoms with E-state index < -0.39 is 27.8 Å². The summed E-state index contributed by atoms with van der Waals surface area (Å²) in [5.74, 6) is 0.170. The molecule has 2 amide bonds. The fraction of sp³-hybridized carbons (Fsp3) is 0.562. The molecule has 1 N–H and O–H groups in total. The number of hydrogen-bond acceptors (Lipinski definition) is 3. The van der Waals surface area contributed by atoms with Gasteiger partial charge in [0.1, 0.15) is 0 Å². The molecule has 26 heavy (non-hydrogen) atoms. The van der Waals surface area contributed by atoms with E-state index >= 15 is 0 Å². The average molecular weight is 391 g/mol. The Bertz CT molecular complexity index is 774. The van der Waals surface area contributed by atoms with E-state index in [1.54, 1.807) is 0 Å². The Labute approximate surface area is 150 Å². The van der Waals surface area contributed by atoms with Gasteiger partial charge >= 0.3 is 12.2 Å². The molecular formula is C16H20F3N3O3S. The summed E-state index contributed by atoms with van der Waals surface area (Å²) in [6.07, 6.45) is -2.80. The number of carbonyl (C=O) groups excluding carboxylic acids is 1. The highest BCUT2D eigenvalue weighted by Gasteiger charge is 2.37. The number of benzene rings is 1. The Kier molecular flexibility index (Phi) is 5.16. The van der Waals surface area contributed by atoms with Gasteiger partial charge in [-0.1, -0.05) is 6.07 Å². The largest absolute Gasteiger partial charge is 0.416 e. The van der Waals surface area contributed by atoms with E-state index in [-0.39, 0.29) is 17.5 Å². The van der Waals surface area contributed by atoms with Crippen molar-refractivity contribution in [1.82, 2.24) is 9.21 Å². The average Bonchev–Trinajstić information content (AvgIpc) is 2.93. The van der Waals surface area contributed by atoms with Crippen LogP contribution in [0.1, 0.15) is 24.8 Å². The summed E-state index contributed by atoms with van der Waals surface area (Å²) in [5.41, 5.74) is -0.748. The van der Waals surface area contributed by atoms with Gasteiger partial charge in [-0.2, -0.15) is 17.5 Å². The number of likely N-dealkylation sites (tertiary alicyclic amines) is 1. The Balaban J connectivity index is 1.58. The fourth-order valence-corrected chi connectivity index (χ4v) is 5.20. The van der Waals surface area contributed by atoms with Crippen LogP contribution >= 0.6 is 0 Å². The smallest absolute Gasteiger partial charge is 0.324 e. The van der Waals surface area contributed by atoms with Gasteiger partial charge in [0.15, 0.2) is 0 Å². The second-order valence-corrected chi connectivity index (χ2v) is 8.55. The first kappa shape index (κ1) is 19.0. The van der Waals surface area contributed by atoms with Crippen LogP contribution < -0.4 is 5.32 Å². The van der Waals surface area contributed by atoms with Crippen LogP contribution in [-0.4, -0.2) is 55.1 Å². The maximum atomic E-state index is 12.7. The number of amides is 2. The maximum absolute atomic E-state index is 12.7. The minimum Gasteiger partial charge on any atom is -0.324 e. The molecule has 10 heteroatoms. The molecular weight excluding hydrogens is 371 g/mol. The molecule has 0 spiro atoms. The molecule has 2 fully saturated rings. The lowest BCUT2D eigenvalue weighted by atomic mass is 10.1. The third-order valence-corrected chi connectivity index (χ3v) is 6.74. The molecule has 1 aromatic carbocycles. The number of nitrogens with zero attached hydrogens (tertiary/aromatic N) is 2. The van der Waals surface area contributed by atoms with Gasteiger partial charge in [-0.05, 0) is 37.5 Å². The molecule has 0 aliphatic carbocycles. The predicted molar refractivity (Wildman–Crippen MR) is 90.2 cm³/mol. The number of piperidine rings is 1. The zero-order chi connectivity index (χ0) is 18.9. The van der Waals surface area contributed by atoms with Gasteiger partial charge in [-0.15, -0.1) is 0 Å². The van der Waals surface area contributed by atoms with Crippen LogP contribution in [0.3, 0.4) is 0 Å². The van der Waals surface area contributed by atoms with Crippen LogP contribution in [0.15, 0.2) is 24.3 Å². The summed E-state index contributed by atoms with van der Waals surface area (Å²) in [4.78, 5) is 13.8. The standard InChI is InChI=1S/C16H20F3N3O3S/c17-16(18,19)12-3-1-4-13(11-12)20-15(23)21-8-5-14(6-9-21)22-7-2-10-26(22,24)25/h1,3-4,11,14H,2,5-10H2,(H,20,23). The summed E-state index contributed by atoms with van der Waals surface area (Å²) >= 11 is 0. The quantitative estimate of drug-likeness (QED) is 0.843. The van der Waals surface area contributed by atoms with E-state index in [1.807, 2.05) is 0 Å². The van der Waals surface area contributed by atoms with E-state index in [2.05, 4.69) is 5.32 Å². The second-order valence-electron chi connectivity index (χ2n) is 6.51. The van der Waals surface area contributed by atoms with Gasteiger partial charge in [-0.25, -0.2) is 13.2 Å². The first-order valence-electron chi connectivity index (χ1n) is 8.39. The maximum Gasteiger partial charge on any atom is 0.416 e. The number of sulfonamides is 1. The van der Waals surface area contributed by atoms with E-state index in [0.29, 0.717) is 38.9 Å². The van der Waals surface area contributed by atoms with E-state index in [0.717, 1.165) is 12.1 Å². The molecule has 6 nitrogen and oxygen atoms in total. The number of anilines is 1. The van der Waals surface area contributed by atoms with E-state index in [4.69, 9.17) is 0 Å². The van der Waals surface area contributed by atoms with Crippen molar-refractivity contribution < 1.29 is 26.4 Å². The van der Waals surface area contributed by atoms with Crippen LogP contribution in [0.4, 0.5) is 23.7 Å². The van der Waals surface area contributed by atoms with Gasteiger partial charge in [0.05, 0.1) is 11.3 Å². The number of nitrogens with one attached hydrogen (secondary N) is 1. The zero-order valence-electron chi connectivity index (χ0n) is 14.0. The lowest BCUT2D eigenvalue weighted by molar-refractivity contribution is -0.137. The normalized spacial score (nSPS) is 21.7. The molecule has 3 rings (SSSR count). The fourth-order valence-electron chi connectivity index (χ4n) is 3.40. The van der Waals surface area contributed by atoms with Crippen LogP contribution in [-0.2, 0) is 16.2 Å². The Morgan fingerprint density at radius 3 is 2.42 bits per heavy atom. The van der Waals surface area contributed by atoms with Gasteiger partial charge in [0, 0.05) is 31.4 Å². The minimum atomic E-state index is -4.47. The molecule has 2 aliphatic rings. The van der Waals surface area contributed by atoms with Gasteiger partial charge < -0.3 is 10.2 Å². The van der Waals surface area contributed by atoms with Crippen LogP contribution in [0, 0.1) is 0 Å². The molecule has 0 radical (unpaired) electrons. The predicted octanol–water partition coefficient (Wildman–Crippen LogP) is 2.74. The van der Waals surface area contributed by atoms with Gasteiger partial charge in [0.25, 0.3) is 0 Å². The third-order valence-electron chi connectivity index (χ3n) is 4.74. The van der Waals surface area contributed by atoms with Crippen LogP contribution in [0.2, 0.25) is 0 Å². The molecule has 144 valence electrons. The molecule has 0 saturated carbocycles. The van der Waals surface area contributed by atoms with Crippen molar-refractivity contribution in [2.24, 2.45) is 0 Å². The SMILES string of the molecule is O=C(Nc1cccc(C(F)(F)F)c1)N1CCC(N2CCCS2(=O)=O)CC1. The van der Waals surface area contributed by atoms with Crippen molar-refractivity contribution in [1.29, 1.82) is 0 Å². The van der Waals surface area contributed by atoms with Crippen molar-refractivity contribution in [3.8, 4) is 0 Å². The molecule has 2 heterocycles. The van der Waals surface area contributed by atoms with E-state index in [1.165, 1.54) is 21.3 Å². The molecule has 0 bridgehead atoms. The summed E-state index contributed by atoms with van der Waals surface area (Å²) in [7, 11) is -3.18. The summed E-state index contributed by atoms with van der Waals surface area (Å²) in [6, 6.07) is 3.88. The molecule has 1 aromatic rings. The zero-order valence-corrected chi connectivity index (χ0v) is 14.8. The summed E-state index contributed by atoms with van der Waals surface area (Å²) < 4.78 is 63.7. The van der Waals surface area contributed by atoms with Crippen molar-refractivity contribution in [2.75, 3.05) is 30.7 Å². The Morgan fingerprint density at radius 2 is 1.85 bits per heavy atom. The summed E-state index contributed by atoms with van der Waals surface area (Å²) in [5, 5.41) is 2.48. The summed E-state index contributed by atoms with van der Waals surface area (Å²) in [6.45, 7) is 1.24. The number of rotatable bonds is 2. The topological polar surface area (TPSA) is 69.7 Å². The lowest BCUT2D eigenvalue weighted by Gasteiger charge is -2.35. The Hall–Kier alpha value is -1.81. The molecule has 2 saturated heterocycles. The second kappa shape index (κ2) is 7.07. The molecule has 2 aliphatic heterocycles. The number of alkyl halides is 3. The molecule has 0 aromatic heterocycles. The highest BCUT2D eigenvalue weighted by Crippen LogP contribution is 2.31. The number of hydrogen-bond donors (Lipinski definition) is 1. The number of carbonyl (C=O) groups is 1. The monoisotopic (exact) mass is 391 g/mol. The lowest BCUT2D eigenvalue weighted by Crippen LogP contribution is -2.48. The first-order valence-corrected chi connectivity index (χ1v) is 10.0. The van der Waals surface area contributed by atoms with Crippen molar-refractivity contribution in [2.45, 2.75) is 31.5 Å². The van der Waals surface area contributed by atoms with Gasteiger partial charge in [-0.3, -0.25) is 0 Å². The van der Waals surface area contributed by atoms with E-state index in [9.17, 15) is 26.4 Å². The van der Waals surface area contributed by atoms with Crippen LogP contribution in [0.25, 0.3) is 0 Å². The third kappa shape index (κ3) is 4.12. The Morgan fingerprint density at radius 1 is 1.15 bits per heavy atom. The number of halogens is 3.